The molecular formula is C22H27N3O5S. The van der Waals surface area contributed by atoms with Crippen molar-refractivity contribution >= 4 is 23.0 Å². The highest BCUT2D eigenvalue weighted by molar-refractivity contribution is 7.80. The number of nitriles is 1. The fourth-order valence-electron chi connectivity index (χ4n) is 4.88. The lowest BCUT2D eigenvalue weighted by atomic mass is 10.0. The molecule has 9 heteroatoms. The summed E-state index contributed by atoms with van der Waals surface area (Å²) in [6.07, 6.45) is 2.68. The molecule has 3 aliphatic heterocycles. The largest absolute Gasteiger partial charge is 0.354 e. The van der Waals surface area contributed by atoms with E-state index < -0.39 is 17.9 Å². The van der Waals surface area contributed by atoms with Gasteiger partial charge in [-0.3, -0.25) is 0 Å². The molecule has 5 rings (SSSR count). The van der Waals surface area contributed by atoms with E-state index in [4.69, 9.17) is 41.2 Å². The first kappa shape index (κ1) is 21.1. The van der Waals surface area contributed by atoms with Crippen LogP contribution in [-0.2, 0) is 23.7 Å². The Kier molecular flexibility index (Phi) is 5.41. The molecule has 1 saturated carbocycles. The summed E-state index contributed by atoms with van der Waals surface area (Å²) < 4.78 is 30.8. The minimum atomic E-state index is -0.734. The quantitative estimate of drug-likeness (QED) is 0.681. The van der Waals surface area contributed by atoms with Gasteiger partial charge < -0.3 is 34.3 Å². The highest BCUT2D eigenvalue weighted by atomic mass is 32.1. The Hall–Kier alpha value is -1.80. The van der Waals surface area contributed by atoms with E-state index in [9.17, 15) is 0 Å². The average Bonchev–Trinajstić information content (AvgIpc) is 3.49. The van der Waals surface area contributed by atoms with Gasteiger partial charge in [-0.05, 0) is 63.2 Å². The molecule has 5 atom stereocenters. The second-order valence-corrected chi connectivity index (χ2v) is 9.38. The summed E-state index contributed by atoms with van der Waals surface area (Å²) in [7, 11) is 0. The Morgan fingerprint density at radius 3 is 2.55 bits per heavy atom. The van der Waals surface area contributed by atoms with Crippen molar-refractivity contribution < 1.29 is 23.7 Å². The number of fused-ring (bicyclic) bond motifs is 1. The highest BCUT2D eigenvalue weighted by Gasteiger charge is 2.59. The molecule has 4 fully saturated rings. The molecule has 2 N–H and O–H groups in total. The van der Waals surface area contributed by atoms with Gasteiger partial charge in [0.05, 0.1) is 24.3 Å². The fourth-order valence-corrected chi connectivity index (χ4v) is 5.13. The molecule has 166 valence electrons. The Morgan fingerprint density at radius 1 is 1.10 bits per heavy atom. The minimum absolute atomic E-state index is 0.228. The van der Waals surface area contributed by atoms with Crippen molar-refractivity contribution in [2.75, 3.05) is 11.9 Å². The van der Waals surface area contributed by atoms with Gasteiger partial charge in [-0.1, -0.05) is 0 Å². The number of thiocarbonyl (C=S) groups is 1. The van der Waals surface area contributed by atoms with Gasteiger partial charge in [-0.2, -0.15) is 5.26 Å². The van der Waals surface area contributed by atoms with Gasteiger partial charge in [0.15, 0.2) is 23.0 Å². The third-order valence-electron chi connectivity index (χ3n) is 6.27. The van der Waals surface area contributed by atoms with Gasteiger partial charge >= 0.3 is 0 Å². The summed E-state index contributed by atoms with van der Waals surface area (Å²) in [6.45, 7) is 4.22. The first-order valence-corrected chi connectivity index (χ1v) is 11.2. The van der Waals surface area contributed by atoms with Crippen molar-refractivity contribution in [3.8, 4) is 6.07 Å². The molecule has 8 nitrogen and oxygen atoms in total. The van der Waals surface area contributed by atoms with E-state index in [2.05, 4.69) is 16.7 Å². The Bertz CT molecular complexity index is 880. The number of benzene rings is 1. The molecule has 0 aromatic heterocycles. The fraction of sp³-hybridized carbons (Fsp3) is 0.636. The van der Waals surface area contributed by atoms with E-state index in [-0.39, 0.29) is 24.4 Å². The zero-order chi connectivity index (χ0) is 21.6. The summed E-state index contributed by atoms with van der Waals surface area (Å²) in [6, 6.07) is 8.95. The van der Waals surface area contributed by atoms with Crippen LogP contribution in [0.2, 0.25) is 0 Å². The van der Waals surface area contributed by atoms with Crippen LogP contribution in [0, 0.1) is 11.3 Å². The molecule has 0 amide bonds. The Balaban J connectivity index is 1.30. The van der Waals surface area contributed by atoms with Crippen molar-refractivity contribution in [1.82, 2.24) is 5.32 Å². The second-order valence-electron chi connectivity index (χ2n) is 8.97. The molecule has 0 radical (unpaired) electrons. The zero-order valence-corrected chi connectivity index (χ0v) is 18.4. The molecule has 1 aromatic carbocycles. The number of anilines is 1. The summed E-state index contributed by atoms with van der Waals surface area (Å²) in [5.74, 6) is -1.21. The maximum Gasteiger partial charge on any atom is 0.189 e. The molecule has 1 spiro atoms. The van der Waals surface area contributed by atoms with Gasteiger partial charge in [0.25, 0.3) is 0 Å². The van der Waals surface area contributed by atoms with Gasteiger partial charge in [0.2, 0.25) is 0 Å². The average molecular weight is 446 g/mol. The highest BCUT2D eigenvalue weighted by Crippen LogP contribution is 2.44. The molecule has 0 unspecified atom stereocenters. The summed E-state index contributed by atoms with van der Waals surface area (Å²) in [4.78, 5) is 0. The van der Waals surface area contributed by atoms with Crippen LogP contribution < -0.4 is 10.6 Å². The van der Waals surface area contributed by atoms with Crippen molar-refractivity contribution in [2.45, 2.75) is 81.7 Å². The lowest BCUT2D eigenvalue weighted by Crippen LogP contribution is -2.53. The third-order valence-corrected chi connectivity index (χ3v) is 6.49. The maximum absolute atomic E-state index is 8.97. The lowest BCUT2D eigenvalue weighted by Gasteiger charge is -2.30. The van der Waals surface area contributed by atoms with E-state index in [0.717, 1.165) is 31.4 Å². The van der Waals surface area contributed by atoms with Crippen molar-refractivity contribution in [2.24, 2.45) is 0 Å². The summed E-state index contributed by atoms with van der Waals surface area (Å²) >= 11 is 5.57. The van der Waals surface area contributed by atoms with E-state index >= 15 is 0 Å². The van der Waals surface area contributed by atoms with Gasteiger partial charge in [0, 0.05) is 18.5 Å². The van der Waals surface area contributed by atoms with Gasteiger partial charge in [0.1, 0.15) is 18.3 Å². The number of rotatable bonds is 3. The van der Waals surface area contributed by atoms with E-state index in [1.54, 1.807) is 12.1 Å². The second kappa shape index (κ2) is 7.96. The van der Waals surface area contributed by atoms with Crippen molar-refractivity contribution in [1.29, 1.82) is 5.26 Å². The van der Waals surface area contributed by atoms with Gasteiger partial charge in [-0.25, -0.2) is 0 Å². The van der Waals surface area contributed by atoms with E-state index in [0.29, 0.717) is 17.3 Å². The zero-order valence-electron chi connectivity index (χ0n) is 17.6. The van der Waals surface area contributed by atoms with Crippen LogP contribution in [0.4, 0.5) is 5.69 Å². The Morgan fingerprint density at radius 2 is 1.84 bits per heavy atom. The van der Waals surface area contributed by atoms with Crippen LogP contribution in [0.3, 0.4) is 0 Å². The van der Waals surface area contributed by atoms with Crippen molar-refractivity contribution in [3.05, 3.63) is 29.8 Å². The molecule has 1 aliphatic carbocycles. The summed E-state index contributed by atoms with van der Waals surface area (Å²) in [5, 5.41) is 15.9. The van der Waals surface area contributed by atoms with Crippen LogP contribution in [0.5, 0.6) is 0 Å². The van der Waals surface area contributed by atoms with E-state index in [1.807, 2.05) is 26.0 Å². The monoisotopic (exact) mass is 445 g/mol. The van der Waals surface area contributed by atoms with Crippen LogP contribution in [0.15, 0.2) is 24.3 Å². The third kappa shape index (κ3) is 4.16. The number of ether oxygens (including phenoxy) is 5. The predicted octanol–water partition coefficient (Wildman–Crippen LogP) is 2.78. The van der Waals surface area contributed by atoms with Crippen LogP contribution in [0.1, 0.15) is 45.1 Å². The van der Waals surface area contributed by atoms with E-state index in [1.165, 1.54) is 0 Å². The maximum atomic E-state index is 8.97. The molecule has 3 saturated heterocycles. The number of nitrogens with one attached hydrogen (secondary N) is 2. The number of hydrogen-bond donors (Lipinski definition) is 2. The SMILES string of the molecule is CC1(C)O[C@H]2O[C@H]([C@H]3COC4(CCCC4)O3)[C@@H](NC(=S)Nc3ccc(C#N)cc3)[C@H]2O1. The normalized spacial score (nSPS) is 35.1. The predicted molar refractivity (Wildman–Crippen MR) is 115 cm³/mol. The van der Waals surface area contributed by atoms with Gasteiger partial charge in [-0.15, -0.1) is 0 Å². The molecule has 4 aliphatic rings. The smallest absolute Gasteiger partial charge is 0.189 e. The molecule has 1 aromatic rings. The van der Waals surface area contributed by atoms with Crippen LogP contribution in [-0.4, -0.2) is 53.9 Å². The first-order valence-electron chi connectivity index (χ1n) is 10.8. The van der Waals surface area contributed by atoms with Crippen LogP contribution >= 0.6 is 12.2 Å². The molecule has 3 heterocycles. The number of hydrogen-bond acceptors (Lipinski definition) is 7. The summed E-state index contributed by atoms with van der Waals surface area (Å²) in [5.41, 5.74) is 1.38. The number of nitrogens with zero attached hydrogens (tertiary/aromatic N) is 1. The first-order chi connectivity index (χ1) is 14.9. The molecule has 0 bridgehead atoms. The molecule has 31 heavy (non-hydrogen) atoms. The topological polar surface area (TPSA) is 94.0 Å². The Labute approximate surface area is 187 Å². The standard InChI is InChI=1S/C22H27N3O5S/c1-21(2)29-18-16(25-20(31)24-14-7-5-13(11-23)6-8-14)17(27-19(18)30-21)15-12-26-22(28-15)9-3-4-10-22/h5-8,15-19H,3-4,9-10,12H2,1-2H3,(H2,24,25,31)/t15-,16-,17-,18-,19-/m1/s1. The minimum Gasteiger partial charge on any atom is -0.354 e. The van der Waals surface area contributed by atoms with Crippen LogP contribution in [0.25, 0.3) is 0 Å². The van der Waals surface area contributed by atoms with Crippen molar-refractivity contribution in [3.63, 3.8) is 0 Å². The lowest BCUT2D eigenvalue weighted by molar-refractivity contribution is -0.226. The molecular weight excluding hydrogens is 418 g/mol.